The molecule has 3 N–H and O–H groups in total. The van der Waals surface area contributed by atoms with Crippen molar-refractivity contribution in [1.82, 2.24) is 30.2 Å². The second-order valence-corrected chi connectivity index (χ2v) is 17.3. The van der Waals surface area contributed by atoms with Gasteiger partial charge in [-0.2, -0.15) is 0 Å². The molecule has 2 aromatic heterocycles. The number of Topliss-reactive ketones (excluding diaryl/α,β-unsaturated/α-hetero) is 1. The fraction of sp³-hybridized carbons (Fsp3) is 0.295. The van der Waals surface area contributed by atoms with E-state index in [0.717, 1.165) is 130 Å². The minimum absolute atomic E-state index is 0.261. The third kappa shape index (κ3) is 9.27. The molecular formula is C44H40Cl6N6O. The number of carbonyl (C=O) groups excluding carboxylic acids is 1. The van der Waals surface area contributed by atoms with Gasteiger partial charge in [0.15, 0.2) is 0 Å². The Kier molecular flexibility index (Phi) is 12.7. The molecular weight excluding hydrogens is 841 g/mol. The van der Waals surface area contributed by atoms with E-state index in [9.17, 15) is 4.79 Å². The Labute approximate surface area is 362 Å². The molecule has 0 fully saturated rings. The molecule has 0 amide bonds. The lowest BCUT2D eigenvalue weighted by molar-refractivity contribution is -0.118. The van der Waals surface area contributed by atoms with Crippen molar-refractivity contribution in [3.8, 4) is 22.8 Å². The molecule has 0 bridgehead atoms. The standard InChI is InChI=1S/C22H20Cl3N3.C12H12ClN3.C10H8Cl2O/c23-14-9-13-5-6-15(11-17(13)19(25)10-14)28-8-7-20-21(12-28)27-22(26-20)16-3-1-2-4-18(16)24;13-9-4-2-1-3-8(9)12-15-10-5-6-14-7-11(10)16-12;11-7-3-6-1-2-8(13)5-9(6)10(12)4-7/h1-4,9-10,15H,5-8,11-12H2,(H,26,27);1-4,14H,5-7H2,(H,15,16);3-4H,1-2,5H2. The highest BCUT2D eigenvalue weighted by molar-refractivity contribution is 6.36. The molecule has 57 heavy (non-hydrogen) atoms. The molecule has 7 nitrogen and oxygen atoms in total. The van der Waals surface area contributed by atoms with Gasteiger partial charge in [-0.05, 0) is 96.5 Å². The molecule has 6 aromatic rings. The molecule has 4 aromatic carbocycles. The number of nitrogens with one attached hydrogen (secondary N) is 3. The van der Waals surface area contributed by atoms with Gasteiger partial charge in [-0.1, -0.05) is 93.9 Å². The number of halogens is 6. The molecule has 4 heterocycles. The Morgan fingerprint density at radius 2 is 1.23 bits per heavy atom. The Morgan fingerprint density at radius 1 is 0.632 bits per heavy atom. The maximum Gasteiger partial charge on any atom is 0.139 e. The summed E-state index contributed by atoms with van der Waals surface area (Å²) in [5, 5.41) is 7.58. The zero-order valence-corrected chi connectivity index (χ0v) is 35.5. The van der Waals surface area contributed by atoms with Crippen molar-refractivity contribution in [1.29, 1.82) is 0 Å². The van der Waals surface area contributed by atoms with E-state index in [0.29, 0.717) is 28.9 Å². The lowest BCUT2D eigenvalue weighted by Gasteiger charge is -2.37. The predicted octanol–water partition coefficient (Wildman–Crippen LogP) is 11.4. The summed E-state index contributed by atoms with van der Waals surface area (Å²) < 4.78 is 0. The van der Waals surface area contributed by atoms with Gasteiger partial charge in [-0.15, -0.1) is 0 Å². The van der Waals surface area contributed by atoms with Crippen molar-refractivity contribution >= 4 is 75.4 Å². The molecule has 2 aliphatic carbocycles. The number of imidazole rings is 2. The number of fused-ring (bicyclic) bond motifs is 4. The third-order valence-corrected chi connectivity index (χ3v) is 12.8. The summed E-state index contributed by atoms with van der Waals surface area (Å²) in [6.45, 7) is 3.77. The van der Waals surface area contributed by atoms with Gasteiger partial charge in [0.25, 0.3) is 0 Å². The number of benzene rings is 4. The van der Waals surface area contributed by atoms with E-state index < -0.39 is 0 Å². The van der Waals surface area contributed by atoms with E-state index in [-0.39, 0.29) is 5.78 Å². The highest BCUT2D eigenvalue weighted by atomic mass is 35.5. The van der Waals surface area contributed by atoms with Gasteiger partial charge in [0, 0.05) is 89.1 Å². The first-order valence-electron chi connectivity index (χ1n) is 19.1. The molecule has 0 radical (unpaired) electrons. The lowest BCUT2D eigenvalue weighted by atomic mass is 9.86. The lowest BCUT2D eigenvalue weighted by Crippen LogP contribution is -2.42. The first kappa shape index (κ1) is 40.4. The molecule has 0 spiro atoms. The van der Waals surface area contributed by atoms with Crippen LogP contribution in [0.25, 0.3) is 22.8 Å². The maximum atomic E-state index is 11.2. The summed E-state index contributed by atoms with van der Waals surface area (Å²) in [7, 11) is 0. The van der Waals surface area contributed by atoms with Crippen LogP contribution >= 0.6 is 69.6 Å². The second-order valence-electron chi connectivity index (χ2n) is 14.8. The molecule has 294 valence electrons. The van der Waals surface area contributed by atoms with Gasteiger partial charge < -0.3 is 15.3 Å². The molecule has 2 aliphatic heterocycles. The van der Waals surface area contributed by atoms with Crippen LogP contribution in [0.4, 0.5) is 0 Å². The Hall–Kier alpha value is -3.37. The van der Waals surface area contributed by atoms with Gasteiger partial charge >= 0.3 is 0 Å². The summed E-state index contributed by atoms with van der Waals surface area (Å²) in [5.74, 6) is 2.00. The number of aromatic amines is 2. The summed E-state index contributed by atoms with van der Waals surface area (Å²) in [4.78, 5) is 30.0. The van der Waals surface area contributed by atoms with Gasteiger partial charge in [-0.25, -0.2) is 9.97 Å². The number of hydrogen-bond acceptors (Lipinski definition) is 5. The van der Waals surface area contributed by atoms with Crippen molar-refractivity contribution in [2.75, 3.05) is 13.1 Å². The van der Waals surface area contributed by atoms with Crippen LogP contribution < -0.4 is 5.32 Å². The first-order valence-corrected chi connectivity index (χ1v) is 21.4. The molecule has 0 saturated carbocycles. The number of hydrogen-bond donors (Lipinski definition) is 3. The van der Waals surface area contributed by atoms with Crippen LogP contribution in [0.5, 0.6) is 0 Å². The van der Waals surface area contributed by atoms with Crippen LogP contribution in [0.15, 0.2) is 72.8 Å². The topological polar surface area (TPSA) is 89.7 Å². The molecule has 0 saturated heterocycles. The normalized spacial score (nSPS) is 17.2. The Balaban J connectivity index is 0.000000132. The quantitative estimate of drug-likeness (QED) is 0.165. The van der Waals surface area contributed by atoms with Crippen LogP contribution in [0.2, 0.25) is 30.1 Å². The Bertz CT molecular complexity index is 2420. The van der Waals surface area contributed by atoms with Crippen molar-refractivity contribution in [3.05, 3.63) is 148 Å². The van der Waals surface area contributed by atoms with E-state index in [4.69, 9.17) is 74.6 Å². The number of ketones is 1. The number of aryl methyl sites for hydroxylation is 2. The molecule has 10 rings (SSSR count). The number of nitrogens with zero attached hydrogens (tertiary/aromatic N) is 3. The van der Waals surface area contributed by atoms with Gasteiger partial charge in [-0.3, -0.25) is 9.69 Å². The summed E-state index contributed by atoms with van der Waals surface area (Å²) in [6.07, 6.45) is 6.92. The van der Waals surface area contributed by atoms with Crippen molar-refractivity contribution in [2.45, 2.75) is 70.5 Å². The third-order valence-electron chi connectivity index (χ3n) is 11.1. The Morgan fingerprint density at radius 3 is 1.88 bits per heavy atom. The monoisotopic (exact) mass is 878 g/mol. The molecule has 4 aliphatic rings. The highest BCUT2D eigenvalue weighted by Gasteiger charge is 2.30. The van der Waals surface area contributed by atoms with Crippen molar-refractivity contribution in [2.24, 2.45) is 0 Å². The van der Waals surface area contributed by atoms with E-state index in [1.165, 1.54) is 22.5 Å². The number of carbonyl (C=O) groups is 1. The van der Waals surface area contributed by atoms with Crippen LogP contribution in [-0.2, 0) is 56.4 Å². The minimum Gasteiger partial charge on any atom is -0.341 e. The van der Waals surface area contributed by atoms with E-state index in [1.54, 1.807) is 6.07 Å². The van der Waals surface area contributed by atoms with Crippen LogP contribution in [0.1, 0.15) is 57.9 Å². The number of H-pyrrole nitrogens is 2. The van der Waals surface area contributed by atoms with Crippen molar-refractivity contribution < 1.29 is 4.79 Å². The maximum absolute atomic E-state index is 11.2. The van der Waals surface area contributed by atoms with E-state index >= 15 is 0 Å². The zero-order chi connectivity index (χ0) is 39.6. The predicted molar refractivity (Wildman–Crippen MR) is 233 cm³/mol. The summed E-state index contributed by atoms with van der Waals surface area (Å²) in [5.41, 5.74) is 11.3. The average Bonchev–Trinajstić information content (AvgIpc) is 3.83. The zero-order valence-electron chi connectivity index (χ0n) is 31.0. The van der Waals surface area contributed by atoms with E-state index in [1.807, 2.05) is 60.7 Å². The number of rotatable bonds is 3. The SMILES string of the molecule is Clc1cc(Cl)c2c(c1)CCC(N1CCc3nc(-c4ccccc4Cl)[nH]c3C1)C2.Clc1ccccc1-c1nc2c([nH]1)CNCC2.O=C1CCc2cc(Cl)cc(Cl)c2C1. The van der Waals surface area contributed by atoms with Crippen LogP contribution in [-0.4, -0.2) is 49.8 Å². The van der Waals surface area contributed by atoms with E-state index in [2.05, 4.69) is 31.2 Å². The molecule has 1 unspecified atom stereocenters. The second kappa shape index (κ2) is 17.9. The van der Waals surface area contributed by atoms with Gasteiger partial charge in [0.2, 0.25) is 0 Å². The summed E-state index contributed by atoms with van der Waals surface area (Å²) in [6, 6.07) is 23.6. The average molecular weight is 882 g/mol. The summed E-state index contributed by atoms with van der Waals surface area (Å²) >= 11 is 37.0. The first-order chi connectivity index (χ1) is 27.6. The van der Waals surface area contributed by atoms with Crippen LogP contribution in [0.3, 0.4) is 0 Å². The fourth-order valence-electron chi connectivity index (χ4n) is 8.12. The largest absolute Gasteiger partial charge is 0.341 e. The van der Waals surface area contributed by atoms with Crippen LogP contribution in [0, 0.1) is 0 Å². The van der Waals surface area contributed by atoms with Gasteiger partial charge in [0.1, 0.15) is 17.4 Å². The van der Waals surface area contributed by atoms with Crippen molar-refractivity contribution in [3.63, 3.8) is 0 Å². The molecule has 13 heteroatoms. The smallest absolute Gasteiger partial charge is 0.139 e. The fourth-order valence-corrected chi connectivity index (χ4v) is 9.79. The van der Waals surface area contributed by atoms with Gasteiger partial charge in [0.05, 0.1) is 32.8 Å². The highest BCUT2D eigenvalue weighted by Crippen LogP contribution is 2.36. The number of aromatic nitrogens is 4. The minimum atomic E-state index is 0.261. The molecule has 1 atom stereocenters.